The number of thiophene rings is 1. The molecule has 1 aromatic carbocycles. The van der Waals surface area contributed by atoms with Gasteiger partial charge in [0.05, 0.1) is 17.3 Å². The van der Waals surface area contributed by atoms with Crippen molar-refractivity contribution in [2.24, 2.45) is 4.40 Å². The molecule has 0 aliphatic carbocycles. The summed E-state index contributed by atoms with van der Waals surface area (Å²) in [4.78, 5) is 11.7. The Bertz CT molecular complexity index is 1070. The van der Waals surface area contributed by atoms with Gasteiger partial charge in [0.1, 0.15) is 16.6 Å². The van der Waals surface area contributed by atoms with Crippen molar-refractivity contribution in [3.8, 4) is 0 Å². The number of carbonyl (C=O) groups excluding carboxylic acids is 1. The zero-order valence-electron chi connectivity index (χ0n) is 12.3. The zero-order valence-corrected chi connectivity index (χ0v) is 14.8. The van der Waals surface area contributed by atoms with Crippen molar-refractivity contribution in [2.75, 3.05) is 7.11 Å². The van der Waals surface area contributed by atoms with Crippen LogP contribution in [0.3, 0.4) is 0 Å². The number of aromatic nitrogens is 1. The number of benzene rings is 1. The number of nitrogens with zero attached hydrogens (tertiary/aromatic N) is 2. The molecule has 0 saturated carbocycles. The van der Waals surface area contributed by atoms with Gasteiger partial charge in [0.25, 0.3) is 10.0 Å². The summed E-state index contributed by atoms with van der Waals surface area (Å²) < 4.78 is 48.6. The Kier molecular flexibility index (Phi) is 4.52. The highest BCUT2D eigenvalue weighted by atomic mass is 32.2. The Morgan fingerprint density at radius 1 is 1.38 bits per heavy atom. The molecule has 6 nitrogen and oxygen atoms in total. The molecule has 0 bridgehead atoms. The second kappa shape index (κ2) is 6.46. The number of rotatable bonds is 4. The second-order valence-electron chi connectivity index (χ2n) is 4.66. The van der Waals surface area contributed by atoms with Crippen molar-refractivity contribution in [1.82, 2.24) is 4.57 Å². The molecule has 0 radical (unpaired) electrons. The third-order valence-corrected chi connectivity index (χ3v) is 6.90. The predicted octanol–water partition coefficient (Wildman–Crippen LogP) is 2.37. The molecule has 0 fully saturated rings. The van der Waals surface area contributed by atoms with E-state index in [0.29, 0.717) is 10.2 Å². The van der Waals surface area contributed by atoms with Crippen molar-refractivity contribution < 1.29 is 22.3 Å². The maximum Gasteiger partial charge on any atom is 0.325 e. The number of sulfonamides is 1. The van der Waals surface area contributed by atoms with Crippen LogP contribution in [0.2, 0.25) is 0 Å². The zero-order chi connectivity index (χ0) is 17.3. The minimum atomic E-state index is -3.91. The average Bonchev–Trinajstić information content (AvgIpc) is 3.16. The molecule has 0 aliphatic heterocycles. The fourth-order valence-electron chi connectivity index (χ4n) is 2.02. The summed E-state index contributed by atoms with van der Waals surface area (Å²) in [5.41, 5.74) is 0.506. The number of hydrogen-bond donors (Lipinski definition) is 0. The van der Waals surface area contributed by atoms with Gasteiger partial charge in [-0.25, -0.2) is 4.39 Å². The lowest BCUT2D eigenvalue weighted by Gasteiger charge is -2.03. The molecule has 0 saturated heterocycles. The van der Waals surface area contributed by atoms with E-state index in [9.17, 15) is 17.6 Å². The number of carbonyl (C=O) groups is 1. The molecule has 10 heteroatoms. The molecule has 126 valence electrons. The van der Waals surface area contributed by atoms with Gasteiger partial charge in [-0.05, 0) is 29.6 Å². The highest BCUT2D eigenvalue weighted by molar-refractivity contribution is 7.92. The lowest BCUT2D eigenvalue weighted by Crippen LogP contribution is -2.22. The van der Waals surface area contributed by atoms with Gasteiger partial charge >= 0.3 is 5.97 Å². The van der Waals surface area contributed by atoms with E-state index in [0.717, 1.165) is 22.7 Å². The first-order chi connectivity index (χ1) is 11.4. The number of thiazole rings is 1. The number of ether oxygens (including phenoxy) is 1. The summed E-state index contributed by atoms with van der Waals surface area (Å²) in [6.07, 6.45) is 0. The summed E-state index contributed by atoms with van der Waals surface area (Å²) in [5, 5.41) is 1.63. The van der Waals surface area contributed by atoms with Crippen LogP contribution in [0.25, 0.3) is 10.2 Å². The van der Waals surface area contributed by atoms with E-state index in [1.165, 1.54) is 35.9 Å². The minimum Gasteiger partial charge on any atom is -0.468 e. The number of halogens is 1. The molecule has 3 aromatic rings. The monoisotopic (exact) mass is 386 g/mol. The highest BCUT2D eigenvalue weighted by Crippen LogP contribution is 2.21. The Hall–Kier alpha value is -2.04. The van der Waals surface area contributed by atoms with Crippen LogP contribution >= 0.6 is 22.7 Å². The van der Waals surface area contributed by atoms with Crippen molar-refractivity contribution in [3.63, 3.8) is 0 Å². The fraction of sp³-hybridized carbons (Fsp3) is 0.143. The molecular weight excluding hydrogens is 375 g/mol. The van der Waals surface area contributed by atoms with Gasteiger partial charge in [-0.1, -0.05) is 17.4 Å². The first-order valence-electron chi connectivity index (χ1n) is 6.61. The van der Waals surface area contributed by atoms with E-state index < -0.39 is 21.8 Å². The maximum absolute atomic E-state index is 13.4. The molecule has 0 spiro atoms. The van der Waals surface area contributed by atoms with E-state index in [1.54, 1.807) is 11.4 Å². The molecule has 0 atom stereocenters. The topological polar surface area (TPSA) is 77.7 Å². The summed E-state index contributed by atoms with van der Waals surface area (Å²) >= 11 is 2.03. The van der Waals surface area contributed by atoms with Crippen LogP contribution in [0.15, 0.2) is 44.3 Å². The van der Waals surface area contributed by atoms with E-state index in [1.807, 2.05) is 0 Å². The average molecular weight is 386 g/mol. The smallest absolute Gasteiger partial charge is 0.325 e. The third-order valence-electron chi connectivity index (χ3n) is 3.11. The molecule has 0 aliphatic rings. The summed E-state index contributed by atoms with van der Waals surface area (Å²) in [6.45, 7) is -0.221. The van der Waals surface area contributed by atoms with Gasteiger partial charge in [0, 0.05) is 0 Å². The second-order valence-corrected chi connectivity index (χ2v) is 8.45. The lowest BCUT2D eigenvalue weighted by atomic mass is 10.3. The Morgan fingerprint density at radius 3 is 2.83 bits per heavy atom. The normalized spacial score (nSPS) is 12.7. The summed E-state index contributed by atoms with van der Waals surface area (Å²) in [5.74, 6) is -1.02. The SMILES string of the molecule is COC(=O)Cn1/c(=N/S(=O)(=O)c2cccs2)sc2cc(F)ccc21. The molecule has 0 N–H and O–H groups in total. The molecule has 0 amide bonds. The summed E-state index contributed by atoms with van der Waals surface area (Å²) in [6, 6.07) is 7.03. The summed E-state index contributed by atoms with van der Waals surface area (Å²) in [7, 11) is -2.67. The molecule has 3 rings (SSSR count). The predicted molar refractivity (Wildman–Crippen MR) is 88.9 cm³/mol. The van der Waals surface area contributed by atoms with Gasteiger partial charge < -0.3 is 9.30 Å². The largest absolute Gasteiger partial charge is 0.468 e. The third kappa shape index (κ3) is 3.25. The van der Waals surface area contributed by atoms with Crippen LogP contribution in [0, 0.1) is 5.82 Å². The van der Waals surface area contributed by atoms with Crippen LogP contribution in [0.1, 0.15) is 0 Å². The van der Waals surface area contributed by atoms with Crippen LogP contribution < -0.4 is 4.80 Å². The van der Waals surface area contributed by atoms with Gasteiger partial charge in [0.2, 0.25) is 4.80 Å². The van der Waals surface area contributed by atoms with Crippen LogP contribution in [-0.4, -0.2) is 26.1 Å². The lowest BCUT2D eigenvalue weighted by molar-refractivity contribution is -0.141. The number of methoxy groups -OCH3 is 1. The Labute approximate surface area is 144 Å². The van der Waals surface area contributed by atoms with E-state index in [2.05, 4.69) is 9.13 Å². The Balaban J connectivity index is 2.24. The molecular formula is C14H11FN2O4S3. The molecule has 24 heavy (non-hydrogen) atoms. The van der Waals surface area contributed by atoms with Gasteiger partial charge in [-0.15, -0.1) is 15.7 Å². The molecule has 2 heterocycles. The highest BCUT2D eigenvalue weighted by Gasteiger charge is 2.17. The first kappa shape index (κ1) is 16.8. The van der Waals surface area contributed by atoms with Crippen molar-refractivity contribution in [1.29, 1.82) is 0 Å². The molecule has 0 unspecified atom stereocenters. The number of fused-ring (bicyclic) bond motifs is 1. The fourth-order valence-corrected chi connectivity index (χ4v) is 5.25. The Morgan fingerprint density at radius 2 is 2.17 bits per heavy atom. The van der Waals surface area contributed by atoms with Gasteiger partial charge in [-0.2, -0.15) is 8.42 Å². The minimum absolute atomic E-state index is 0.0781. The van der Waals surface area contributed by atoms with Crippen LogP contribution in [0.5, 0.6) is 0 Å². The standard InChI is InChI=1S/C14H11FN2O4S3/c1-21-12(18)8-17-10-5-4-9(15)7-11(10)23-14(17)16-24(19,20)13-3-2-6-22-13/h2-7H,8H2,1H3/b16-14-. The van der Waals surface area contributed by atoms with Crippen molar-refractivity contribution in [3.05, 3.63) is 46.3 Å². The van der Waals surface area contributed by atoms with Gasteiger partial charge in [-0.3, -0.25) is 4.79 Å². The number of hydrogen-bond acceptors (Lipinski definition) is 6. The quantitative estimate of drug-likeness (QED) is 0.645. The number of esters is 1. The molecule has 2 aromatic heterocycles. The van der Waals surface area contributed by atoms with Gasteiger partial charge in [0.15, 0.2) is 0 Å². The van der Waals surface area contributed by atoms with E-state index in [4.69, 9.17) is 0 Å². The maximum atomic E-state index is 13.4. The van der Waals surface area contributed by atoms with E-state index >= 15 is 0 Å². The van der Waals surface area contributed by atoms with Crippen LogP contribution in [-0.2, 0) is 26.1 Å². The van der Waals surface area contributed by atoms with Crippen molar-refractivity contribution >= 4 is 48.9 Å². The van der Waals surface area contributed by atoms with Crippen molar-refractivity contribution in [2.45, 2.75) is 10.8 Å². The first-order valence-corrected chi connectivity index (χ1v) is 9.74. The van der Waals surface area contributed by atoms with Crippen LogP contribution in [0.4, 0.5) is 4.39 Å². The van der Waals surface area contributed by atoms with E-state index in [-0.39, 0.29) is 15.6 Å².